The lowest BCUT2D eigenvalue weighted by Gasteiger charge is -2.46. The van der Waals surface area contributed by atoms with Crippen LogP contribution in [0.15, 0.2) is 12.1 Å². The Morgan fingerprint density at radius 3 is 2.44 bits per heavy atom. The zero-order valence-corrected chi connectivity index (χ0v) is 15.3. The second kappa shape index (κ2) is 6.43. The lowest BCUT2D eigenvalue weighted by atomic mass is 9.66. The average Bonchev–Trinajstić information content (AvgIpc) is 3.45. The molecule has 0 radical (unpaired) electrons. The van der Waals surface area contributed by atoms with Crippen molar-refractivity contribution in [2.24, 2.45) is 0 Å². The first-order valence-electron chi connectivity index (χ1n) is 9.46. The Morgan fingerprint density at radius 2 is 1.80 bits per heavy atom. The van der Waals surface area contributed by atoms with Crippen LogP contribution >= 0.6 is 0 Å². The Bertz CT molecular complexity index is 663. The second-order valence-corrected chi connectivity index (χ2v) is 7.79. The molecule has 0 bridgehead atoms. The Kier molecular flexibility index (Phi) is 4.26. The van der Waals surface area contributed by atoms with E-state index in [1.165, 1.54) is 30.4 Å². The Hall–Kier alpha value is -1.91. The minimum absolute atomic E-state index is 0.0618. The molecule has 0 saturated heterocycles. The van der Waals surface area contributed by atoms with Gasteiger partial charge in [-0.1, -0.05) is 19.3 Å². The summed E-state index contributed by atoms with van der Waals surface area (Å²) in [5.41, 5.74) is 2.63. The SMILES string of the molecule is COc1cc2c(cc1OC)C1(CCCCC1)CN(C(=O)NC1CC1)C2. The van der Waals surface area contributed by atoms with Crippen molar-refractivity contribution in [3.05, 3.63) is 23.3 Å². The molecule has 5 nitrogen and oxygen atoms in total. The van der Waals surface area contributed by atoms with E-state index >= 15 is 0 Å². The van der Waals surface area contributed by atoms with Crippen molar-refractivity contribution in [1.29, 1.82) is 0 Å². The number of nitrogens with zero attached hydrogens (tertiary/aromatic N) is 1. The van der Waals surface area contributed by atoms with Gasteiger partial charge in [-0.2, -0.15) is 0 Å². The zero-order chi connectivity index (χ0) is 17.4. The van der Waals surface area contributed by atoms with Crippen LogP contribution in [0.25, 0.3) is 0 Å². The number of hydrogen-bond acceptors (Lipinski definition) is 3. The molecule has 1 heterocycles. The smallest absolute Gasteiger partial charge is 0.317 e. The number of rotatable bonds is 3. The van der Waals surface area contributed by atoms with E-state index in [0.29, 0.717) is 12.6 Å². The molecule has 5 heteroatoms. The number of nitrogens with one attached hydrogen (secondary N) is 1. The number of carbonyl (C=O) groups is 1. The van der Waals surface area contributed by atoms with Crippen LogP contribution in [0.4, 0.5) is 4.79 Å². The number of amides is 2. The molecule has 0 atom stereocenters. The number of carbonyl (C=O) groups excluding carboxylic acids is 1. The second-order valence-electron chi connectivity index (χ2n) is 7.79. The first kappa shape index (κ1) is 16.6. The number of fused-ring (bicyclic) bond motifs is 2. The highest BCUT2D eigenvalue weighted by atomic mass is 16.5. The fraction of sp³-hybridized carbons (Fsp3) is 0.650. The van der Waals surface area contributed by atoms with Gasteiger partial charge < -0.3 is 19.7 Å². The van der Waals surface area contributed by atoms with E-state index in [0.717, 1.165) is 43.7 Å². The summed E-state index contributed by atoms with van der Waals surface area (Å²) in [7, 11) is 3.36. The summed E-state index contributed by atoms with van der Waals surface area (Å²) in [6.07, 6.45) is 8.26. The van der Waals surface area contributed by atoms with E-state index in [1.807, 2.05) is 4.90 Å². The molecule has 0 aromatic heterocycles. The van der Waals surface area contributed by atoms with Crippen molar-refractivity contribution in [3.63, 3.8) is 0 Å². The number of hydrogen-bond donors (Lipinski definition) is 1. The predicted molar refractivity (Wildman–Crippen MR) is 96.3 cm³/mol. The number of ether oxygens (including phenoxy) is 2. The highest BCUT2D eigenvalue weighted by Crippen LogP contribution is 2.47. The fourth-order valence-electron chi connectivity index (χ4n) is 4.55. The summed E-state index contributed by atoms with van der Waals surface area (Å²) in [6, 6.07) is 4.71. The van der Waals surface area contributed by atoms with Crippen LogP contribution in [0.3, 0.4) is 0 Å². The lowest BCUT2D eigenvalue weighted by molar-refractivity contribution is 0.145. The van der Waals surface area contributed by atoms with Gasteiger partial charge in [0.25, 0.3) is 0 Å². The van der Waals surface area contributed by atoms with Crippen LogP contribution in [-0.2, 0) is 12.0 Å². The van der Waals surface area contributed by atoms with Gasteiger partial charge in [-0.15, -0.1) is 0 Å². The summed E-state index contributed by atoms with van der Waals surface area (Å²) in [5, 5.41) is 3.16. The van der Waals surface area contributed by atoms with Gasteiger partial charge in [0.15, 0.2) is 11.5 Å². The van der Waals surface area contributed by atoms with Crippen molar-refractivity contribution in [2.75, 3.05) is 20.8 Å². The molecule has 2 aliphatic carbocycles. The third kappa shape index (κ3) is 3.05. The minimum atomic E-state index is 0.0618. The summed E-state index contributed by atoms with van der Waals surface area (Å²) in [5.74, 6) is 1.54. The summed E-state index contributed by atoms with van der Waals surface area (Å²) in [6.45, 7) is 1.46. The maximum atomic E-state index is 12.7. The highest BCUT2D eigenvalue weighted by molar-refractivity contribution is 5.76. The highest BCUT2D eigenvalue weighted by Gasteiger charge is 2.43. The maximum absolute atomic E-state index is 12.7. The van der Waals surface area contributed by atoms with Gasteiger partial charge >= 0.3 is 6.03 Å². The standard InChI is InChI=1S/C20H28N2O3/c1-24-17-10-14-12-22(19(23)21-15-6-7-15)13-20(8-4-3-5-9-20)16(14)11-18(17)25-2/h10-11,15H,3-9,12-13H2,1-2H3,(H,21,23). The van der Waals surface area contributed by atoms with Crippen LogP contribution < -0.4 is 14.8 Å². The van der Waals surface area contributed by atoms with E-state index < -0.39 is 0 Å². The van der Waals surface area contributed by atoms with Gasteiger partial charge in [-0.05, 0) is 48.9 Å². The first-order chi connectivity index (χ1) is 12.1. The van der Waals surface area contributed by atoms with E-state index in [9.17, 15) is 4.79 Å². The van der Waals surface area contributed by atoms with Gasteiger partial charge in [0.05, 0.1) is 14.2 Å². The molecular formula is C20H28N2O3. The van der Waals surface area contributed by atoms with Crippen LogP contribution in [0.2, 0.25) is 0 Å². The van der Waals surface area contributed by atoms with Crippen LogP contribution in [0.5, 0.6) is 11.5 Å². The molecule has 4 rings (SSSR count). The molecule has 1 aromatic carbocycles. The lowest BCUT2D eigenvalue weighted by Crippen LogP contribution is -2.52. The van der Waals surface area contributed by atoms with Crippen molar-refractivity contribution >= 4 is 6.03 Å². The number of benzene rings is 1. The van der Waals surface area contributed by atoms with Crippen LogP contribution in [-0.4, -0.2) is 37.7 Å². The molecule has 1 aromatic rings. The minimum Gasteiger partial charge on any atom is -0.493 e. The molecular weight excluding hydrogens is 316 g/mol. The van der Waals surface area contributed by atoms with Crippen molar-refractivity contribution in [2.45, 2.75) is 62.9 Å². The summed E-state index contributed by atoms with van der Waals surface area (Å²) >= 11 is 0. The molecule has 1 aliphatic heterocycles. The number of methoxy groups -OCH3 is 2. The van der Waals surface area contributed by atoms with Gasteiger partial charge in [0.2, 0.25) is 0 Å². The fourth-order valence-corrected chi connectivity index (χ4v) is 4.55. The predicted octanol–water partition coefficient (Wildman–Crippen LogP) is 3.59. The molecule has 2 fully saturated rings. The van der Waals surface area contributed by atoms with E-state index in [2.05, 4.69) is 17.4 Å². The van der Waals surface area contributed by atoms with Crippen molar-refractivity contribution < 1.29 is 14.3 Å². The quantitative estimate of drug-likeness (QED) is 0.911. The molecule has 2 amide bonds. The van der Waals surface area contributed by atoms with Crippen LogP contribution in [0.1, 0.15) is 56.1 Å². The molecule has 0 unspecified atom stereocenters. The summed E-state index contributed by atoms with van der Waals surface area (Å²) < 4.78 is 11.1. The third-order valence-corrected chi connectivity index (χ3v) is 6.04. The first-order valence-corrected chi connectivity index (χ1v) is 9.46. The molecule has 136 valence electrons. The zero-order valence-electron chi connectivity index (χ0n) is 15.3. The van der Waals surface area contributed by atoms with Gasteiger partial charge in [0.1, 0.15) is 0 Å². The molecule has 3 aliphatic rings. The van der Waals surface area contributed by atoms with E-state index in [4.69, 9.17) is 9.47 Å². The third-order valence-electron chi connectivity index (χ3n) is 6.04. The monoisotopic (exact) mass is 344 g/mol. The molecule has 2 saturated carbocycles. The molecule has 1 N–H and O–H groups in total. The molecule has 1 spiro atoms. The van der Waals surface area contributed by atoms with Crippen LogP contribution in [0, 0.1) is 0 Å². The number of urea groups is 1. The average molecular weight is 344 g/mol. The molecule has 25 heavy (non-hydrogen) atoms. The Morgan fingerprint density at radius 1 is 1.12 bits per heavy atom. The van der Waals surface area contributed by atoms with Gasteiger partial charge in [-0.25, -0.2) is 4.79 Å². The van der Waals surface area contributed by atoms with E-state index in [-0.39, 0.29) is 11.4 Å². The van der Waals surface area contributed by atoms with Gasteiger partial charge in [0, 0.05) is 24.5 Å². The Labute approximate surface area is 149 Å². The van der Waals surface area contributed by atoms with Crippen molar-refractivity contribution in [1.82, 2.24) is 10.2 Å². The largest absolute Gasteiger partial charge is 0.493 e. The topological polar surface area (TPSA) is 50.8 Å². The van der Waals surface area contributed by atoms with E-state index in [1.54, 1.807) is 14.2 Å². The normalized spacial score (nSPS) is 21.6. The maximum Gasteiger partial charge on any atom is 0.317 e. The summed E-state index contributed by atoms with van der Waals surface area (Å²) in [4.78, 5) is 14.7. The van der Waals surface area contributed by atoms with Gasteiger partial charge in [-0.3, -0.25) is 0 Å². The van der Waals surface area contributed by atoms with Crippen molar-refractivity contribution in [3.8, 4) is 11.5 Å². The Balaban J connectivity index is 1.71.